The fraction of sp³-hybridized carbons (Fsp3) is 0.706. The highest BCUT2D eigenvalue weighted by Crippen LogP contribution is 2.37. The zero-order valence-electron chi connectivity index (χ0n) is 13.0. The van der Waals surface area contributed by atoms with E-state index in [0.29, 0.717) is 0 Å². The third-order valence-electron chi connectivity index (χ3n) is 4.47. The van der Waals surface area contributed by atoms with E-state index in [1.807, 2.05) is 6.20 Å². The number of hydrogen-bond donors (Lipinski definition) is 1. The topological polar surface area (TPSA) is 24.9 Å². The van der Waals surface area contributed by atoms with Gasteiger partial charge >= 0.3 is 0 Å². The smallest absolute Gasteiger partial charge is 0.125 e. The summed E-state index contributed by atoms with van der Waals surface area (Å²) < 4.78 is 0. The van der Waals surface area contributed by atoms with E-state index in [-0.39, 0.29) is 10.8 Å². The predicted molar refractivity (Wildman–Crippen MR) is 87.7 cm³/mol. The van der Waals surface area contributed by atoms with Gasteiger partial charge in [0.2, 0.25) is 0 Å². The number of alkyl halides is 1. The van der Waals surface area contributed by atoms with E-state index in [1.165, 1.54) is 37.7 Å². The first-order valence-electron chi connectivity index (χ1n) is 7.72. The van der Waals surface area contributed by atoms with Crippen molar-refractivity contribution in [1.29, 1.82) is 0 Å². The van der Waals surface area contributed by atoms with Gasteiger partial charge in [0, 0.05) is 24.0 Å². The van der Waals surface area contributed by atoms with Crippen LogP contribution in [0.4, 0.5) is 5.82 Å². The van der Waals surface area contributed by atoms with Crippen LogP contribution in [0.25, 0.3) is 0 Å². The van der Waals surface area contributed by atoms with E-state index < -0.39 is 0 Å². The molecule has 3 heteroatoms. The Morgan fingerprint density at radius 1 is 1.20 bits per heavy atom. The molecule has 0 bridgehead atoms. The van der Waals surface area contributed by atoms with Crippen molar-refractivity contribution in [2.45, 2.75) is 58.3 Å². The minimum Gasteiger partial charge on any atom is -0.369 e. The maximum atomic E-state index is 6.23. The molecule has 1 fully saturated rings. The molecule has 2 nitrogen and oxygen atoms in total. The van der Waals surface area contributed by atoms with Gasteiger partial charge in [0.25, 0.3) is 0 Å². The van der Waals surface area contributed by atoms with E-state index in [1.54, 1.807) is 0 Å². The number of aromatic nitrogens is 1. The second kappa shape index (κ2) is 6.34. The minimum absolute atomic E-state index is 0.159. The van der Waals surface area contributed by atoms with E-state index in [2.05, 4.69) is 43.2 Å². The molecule has 20 heavy (non-hydrogen) atoms. The Balaban J connectivity index is 1.96. The van der Waals surface area contributed by atoms with Crippen LogP contribution >= 0.6 is 11.6 Å². The summed E-state index contributed by atoms with van der Waals surface area (Å²) in [6.07, 6.45) is 8.44. The van der Waals surface area contributed by atoms with Gasteiger partial charge in [0.1, 0.15) is 5.82 Å². The van der Waals surface area contributed by atoms with Gasteiger partial charge in [-0.25, -0.2) is 4.98 Å². The number of nitrogens with one attached hydrogen (secondary N) is 1. The van der Waals surface area contributed by atoms with Gasteiger partial charge in [-0.3, -0.25) is 0 Å². The highest BCUT2D eigenvalue weighted by molar-refractivity contribution is 6.18. The van der Waals surface area contributed by atoms with Gasteiger partial charge < -0.3 is 5.32 Å². The average Bonchev–Trinajstić information content (AvgIpc) is 2.46. The number of anilines is 1. The highest BCUT2D eigenvalue weighted by atomic mass is 35.5. The Kier molecular flexibility index (Phi) is 4.95. The van der Waals surface area contributed by atoms with Gasteiger partial charge in [-0.1, -0.05) is 46.1 Å². The average molecular weight is 295 g/mol. The molecule has 1 aromatic rings. The Morgan fingerprint density at radius 3 is 2.40 bits per heavy atom. The molecule has 2 rings (SSSR count). The number of rotatable bonds is 4. The quantitative estimate of drug-likeness (QED) is 0.792. The summed E-state index contributed by atoms with van der Waals surface area (Å²) in [5.74, 6) is 1.72. The summed E-state index contributed by atoms with van der Waals surface area (Å²) in [4.78, 5) is 4.54. The van der Waals surface area contributed by atoms with E-state index in [0.717, 1.165) is 18.2 Å². The third-order valence-corrected chi connectivity index (χ3v) is 5.04. The second-order valence-electron chi connectivity index (χ2n) is 7.23. The molecule has 1 heterocycles. The molecule has 0 spiro atoms. The first-order valence-corrected chi connectivity index (χ1v) is 8.25. The molecule has 0 aliphatic heterocycles. The summed E-state index contributed by atoms with van der Waals surface area (Å²) in [5.41, 5.74) is 1.70. The van der Waals surface area contributed by atoms with Crippen LogP contribution in [0.3, 0.4) is 0 Å². The van der Waals surface area contributed by atoms with Crippen LogP contribution < -0.4 is 5.32 Å². The molecule has 1 saturated carbocycles. The van der Waals surface area contributed by atoms with Gasteiger partial charge in [-0.2, -0.15) is 0 Å². The monoisotopic (exact) mass is 294 g/mol. The third kappa shape index (κ3) is 3.88. The molecule has 0 saturated heterocycles. The standard InChI is InChI=1S/C17H27ClN2/c1-16(2,3)14-7-8-15(19-11-14)20-13-17(12-18)9-5-4-6-10-17/h7-8,11H,4-6,9-10,12-13H2,1-3H3,(H,19,20). The lowest BCUT2D eigenvalue weighted by molar-refractivity contribution is 0.238. The molecule has 112 valence electrons. The van der Waals surface area contributed by atoms with Gasteiger partial charge in [0.15, 0.2) is 0 Å². The minimum atomic E-state index is 0.159. The number of pyridine rings is 1. The van der Waals surface area contributed by atoms with E-state index >= 15 is 0 Å². The van der Waals surface area contributed by atoms with Gasteiger partial charge in [-0.15, -0.1) is 11.6 Å². The van der Waals surface area contributed by atoms with Crippen LogP contribution in [0.2, 0.25) is 0 Å². The summed E-state index contributed by atoms with van der Waals surface area (Å²) in [7, 11) is 0. The normalized spacial score (nSPS) is 18.8. The first-order chi connectivity index (χ1) is 9.45. The Bertz CT molecular complexity index is 414. The molecule has 1 aliphatic carbocycles. The van der Waals surface area contributed by atoms with Crippen molar-refractivity contribution in [2.75, 3.05) is 17.7 Å². The summed E-state index contributed by atoms with van der Waals surface area (Å²) in [6, 6.07) is 4.26. The van der Waals surface area contributed by atoms with Crippen molar-refractivity contribution >= 4 is 17.4 Å². The van der Waals surface area contributed by atoms with Crippen LogP contribution in [-0.2, 0) is 5.41 Å². The molecule has 0 amide bonds. The first kappa shape index (κ1) is 15.6. The largest absolute Gasteiger partial charge is 0.369 e. The molecule has 0 atom stereocenters. The lowest BCUT2D eigenvalue weighted by Gasteiger charge is -2.35. The van der Waals surface area contributed by atoms with Crippen LogP contribution in [0, 0.1) is 5.41 Å². The number of nitrogens with zero attached hydrogens (tertiary/aromatic N) is 1. The number of hydrogen-bond acceptors (Lipinski definition) is 2. The Labute approximate surface area is 128 Å². The maximum absolute atomic E-state index is 6.23. The molecule has 0 aromatic carbocycles. The van der Waals surface area contributed by atoms with Crippen molar-refractivity contribution in [3.05, 3.63) is 23.9 Å². The van der Waals surface area contributed by atoms with Crippen LogP contribution in [-0.4, -0.2) is 17.4 Å². The molecular weight excluding hydrogens is 268 g/mol. The predicted octanol–water partition coefficient (Wildman–Crippen LogP) is 4.98. The fourth-order valence-electron chi connectivity index (χ4n) is 2.88. The second-order valence-corrected chi connectivity index (χ2v) is 7.50. The maximum Gasteiger partial charge on any atom is 0.125 e. The van der Waals surface area contributed by atoms with Crippen molar-refractivity contribution in [2.24, 2.45) is 5.41 Å². The van der Waals surface area contributed by atoms with E-state index in [9.17, 15) is 0 Å². The van der Waals surface area contributed by atoms with Crippen molar-refractivity contribution in [3.8, 4) is 0 Å². The lowest BCUT2D eigenvalue weighted by Crippen LogP contribution is -2.34. The van der Waals surface area contributed by atoms with Crippen LogP contribution in [0.15, 0.2) is 18.3 Å². The van der Waals surface area contributed by atoms with E-state index in [4.69, 9.17) is 11.6 Å². The summed E-state index contributed by atoms with van der Waals surface area (Å²) in [6.45, 7) is 7.57. The van der Waals surface area contributed by atoms with Crippen molar-refractivity contribution < 1.29 is 0 Å². The number of halogens is 1. The highest BCUT2D eigenvalue weighted by Gasteiger charge is 2.31. The zero-order chi connectivity index (χ0) is 14.6. The molecular formula is C17H27ClN2. The van der Waals surface area contributed by atoms with Gasteiger partial charge in [0.05, 0.1) is 0 Å². The van der Waals surface area contributed by atoms with Crippen LogP contribution in [0.5, 0.6) is 0 Å². The van der Waals surface area contributed by atoms with Crippen LogP contribution in [0.1, 0.15) is 58.4 Å². The Morgan fingerprint density at radius 2 is 1.90 bits per heavy atom. The SMILES string of the molecule is CC(C)(C)c1ccc(NCC2(CCl)CCCCC2)nc1. The van der Waals surface area contributed by atoms with Crippen molar-refractivity contribution in [3.63, 3.8) is 0 Å². The fourth-order valence-corrected chi connectivity index (χ4v) is 3.24. The van der Waals surface area contributed by atoms with Crippen molar-refractivity contribution in [1.82, 2.24) is 4.98 Å². The summed E-state index contributed by atoms with van der Waals surface area (Å²) >= 11 is 6.23. The lowest BCUT2D eigenvalue weighted by atomic mass is 9.75. The molecule has 1 aliphatic rings. The van der Waals surface area contributed by atoms with Gasteiger partial charge in [-0.05, 0) is 29.9 Å². The zero-order valence-corrected chi connectivity index (χ0v) is 13.8. The Hall–Kier alpha value is -0.760. The molecule has 0 radical (unpaired) electrons. The molecule has 0 unspecified atom stereocenters. The summed E-state index contributed by atoms with van der Waals surface area (Å²) in [5, 5.41) is 3.49. The molecule has 1 aromatic heterocycles. The molecule has 1 N–H and O–H groups in total.